The van der Waals surface area contributed by atoms with Crippen molar-refractivity contribution < 1.29 is 18.0 Å². The Morgan fingerprint density at radius 3 is 2.00 bits per heavy atom. The van der Waals surface area contributed by atoms with Gasteiger partial charge in [0.15, 0.2) is 0 Å². The van der Waals surface area contributed by atoms with Crippen molar-refractivity contribution in [3.63, 3.8) is 0 Å². The molecule has 0 saturated heterocycles. The van der Waals surface area contributed by atoms with Crippen molar-refractivity contribution in [3.8, 4) is 0 Å². The second kappa shape index (κ2) is 13.1. The average Bonchev–Trinajstić information content (AvgIpc) is 2.89. The molecule has 0 spiro atoms. The van der Waals surface area contributed by atoms with Crippen LogP contribution < -0.4 is 9.62 Å². The molecule has 7 nitrogen and oxygen atoms in total. The fourth-order valence-corrected chi connectivity index (χ4v) is 5.05. The molecule has 3 rings (SSSR count). The largest absolute Gasteiger partial charge is 0.354 e. The fourth-order valence-electron chi connectivity index (χ4n) is 4.14. The number of hydrogen-bond donors (Lipinski definition) is 1. The van der Waals surface area contributed by atoms with E-state index in [1.807, 2.05) is 73.7 Å². The molecule has 0 unspecified atom stereocenters. The minimum Gasteiger partial charge on any atom is -0.354 e. The Labute approximate surface area is 220 Å². The first-order valence-electron chi connectivity index (χ1n) is 12.4. The standard InChI is InChI=1S/C29H35N3O4S/c1-4-19-30-29(34)27(20-24-14-7-5-8-15-24)31(21-25-16-9-6-10-17-25)28(33)22-32(37(3,35)36)26-18-12-11-13-23(26)2/h5-18,27H,4,19-22H2,1-3H3,(H,30,34)/t27-/m0/s1. The molecule has 0 bridgehead atoms. The van der Waals surface area contributed by atoms with Gasteiger partial charge >= 0.3 is 0 Å². The van der Waals surface area contributed by atoms with Gasteiger partial charge in [0.2, 0.25) is 21.8 Å². The number of para-hydroxylation sites is 1. The van der Waals surface area contributed by atoms with Crippen molar-refractivity contribution in [2.75, 3.05) is 23.7 Å². The van der Waals surface area contributed by atoms with E-state index in [9.17, 15) is 18.0 Å². The molecular formula is C29H35N3O4S. The summed E-state index contributed by atoms with van der Waals surface area (Å²) in [5, 5.41) is 2.93. The van der Waals surface area contributed by atoms with E-state index in [1.165, 1.54) is 4.90 Å². The summed E-state index contributed by atoms with van der Waals surface area (Å²) in [7, 11) is -3.78. The molecule has 0 heterocycles. The van der Waals surface area contributed by atoms with Gasteiger partial charge in [-0.15, -0.1) is 0 Å². The highest BCUT2D eigenvalue weighted by Gasteiger charge is 2.33. The third-order valence-electron chi connectivity index (χ3n) is 6.08. The normalized spacial score (nSPS) is 12.0. The first-order chi connectivity index (χ1) is 17.7. The van der Waals surface area contributed by atoms with Crippen LogP contribution in [0.5, 0.6) is 0 Å². The van der Waals surface area contributed by atoms with Crippen LogP contribution >= 0.6 is 0 Å². The summed E-state index contributed by atoms with van der Waals surface area (Å²) >= 11 is 0. The first kappa shape index (κ1) is 27.9. The maximum atomic E-state index is 13.9. The zero-order chi connectivity index (χ0) is 26.8. The van der Waals surface area contributed by atoms with Gasteiger partial charge in [0.05, 0.1) is 11.9 Å². The van der Waals surface area contributed by atoms with E-state index in [2.05, 4.69) is 5.32 Å². The Morgan fingerprint density at radius 1 is 0.865 bits per heavy atom. The SMILES string of the molecule is CCCNC(=O)[C@H](Cc1ccccc1)N(Cc1ccccc1)C(=O)CN(c1ccccc1C)S(C)(=O)=O. The Morgan fingerprint density at radius 2 is 1.43 bits per heavy atom. The summed E-state index contributed by atoms with van der Waals surface area (Å²) in [4.78, 5) is 28.9. The van der Waals surface area contributed by atoms with Gasteiger partial charge in [0, 0.05) is 19.5 Å². The fraction of sp³-hybridized carbons (Fsp3) is 0.310. The monoisotopic (exact) mass is 521 g/mol. The summed E-state index contributed by atoms with van der Waals surface area (Å²) in [5.41, 5.74) is 2.92. The molecule has 2 amide bonds. The molecule has 3 aromatic rings. The molecule has 0 aliphatic rings. The third-order valence-corrected chi connectivity index (χ3v) is 7.21. The highest BCUT2D eigenvalue weighted by molar-refractivity contribution is 7.92. The zero-order valence-electron chi connectivity index (χ0n) is 21.6. The summed E-state index contributed by atoms with van der Waals surface area (Å²) in [5.74, 6) is -0.720. The van der Waals surface area contributed by atoms with E-state index in [1.54, 1.807) is 25.1 Å². The number of anilines is 1. The molecule has 1 N–H and O–H groups in total. The second-order valence-electron chi connectivity index (χ2n) is 9.06. The van der Waals surface area contributed by atoms with Gasteiger partial charge in [-0.2, -0.15) is 0 Å². The van der Waals surface area contributed by atoms with Crippen molar-refractivity contribution in [1.29, 1.82) is 0 Å². The Balaban J connectivity index is 2.03. The predicted octanol–water partition coefficient (Wildman–Crippen LogP) is 3.93. The van der Waals surface area contributed by atoms with Crippen LogP contribution in [0.15, 0.2) is 84.9 Å². The number of carbonyl (C=O) groups excluding carboxylic acids is 2. The number of rotatable bonds is 12. The molecule has 0 radical (unpaired) electrons. The highest BCUT2D eigenvalue weighted by Crippen LogP contribution is 2.23. The van der Waals surface area contributed by atoms with Crippen molar-refractivity contribution in [2.45, 2.75) is 39.3 Å². The quantitative estimate of drug-likeness (QED) is 0.391. The molecule has 0 aromatic heterocycles. The van der Waals surface area contributed by atoms with Gasteiger partial charge in [-0.3, -0.25) is 13.9 Å². The van der Waals surface area contributed by atoms with Crippen molar-refractivity contribution >= 4 is 27.5 Å². The second-order valence-corrected chi connectivity index (χ2v) is 11.0. The topological polar surface area (TPSA) is 86.8 Å². The van der Waals surface area contributed by atoms with Crippen LogP contribution in [0.4, 0.5) is 5.69 Å². The lowest BCUT2D eigenvalue weighted by molar-refractivity contribution is -0.140. The van der Waals surface area contributed by atoms with E-state index >= 15 is 0 Å². The van der Waals surface area contributed by atoms with Crippen LogP contribution in [0, 0.1) is 6.92 Å². The minimum atomic E-state index is -3.78. The number of carbonyl (C=O) groups is 2. The van der Waals surface area contributed by atoms with Crippen LogP contribution in [0.25, 0.3) is 0 Å². The van der Waals surface area contributed by atoms with Crippen molar-refractivity contribution in [3.05, 3.63) is 102 Å². The molecular weight excluding hydrogens is 486 g/mol. The van der Waals surface area contributed by atoms with Gasteiger partial charge in [-0.1, -0.05) is 85.8 Å². The number of sulfonamides is 1. The first-order valence-corrected chi connectivity index (χ1v) is 14.2. The Bertz CT molecular complexity index is 1280. The van der Waals surface area contributed by atoms with Crippen LogP contribution in [-0.2, 0) is 32.6 Å². The average molecular weight is 522 g/mol. The summed E-state index contributed by atoms with van der Waals surface area (Å²) in [6, 6.07) is 25.1. The van der Waals surface area contributed by atoms with Gasteiger partial charge in [0.1, 0.15) is 12.6 Å². The maximum absolute atomic E-state index is 13.9. The molecule has 1 atom stereocenters. The number of aryl methyl sites for hydroxylation is 1. The molecule has 0 saturated carbocycles. The van der Waals surface area contributed by atoms with Gasteiger partial charge in [0.25, 0.3) is 0 Å². The molecule has 0 aliphatic carbocycles. The van der Waals surface area contributed by atoms with E-state index in [0.717, 1.165) is 33.7 Å². The maximum Gasteiger partial charge on any atom is 0.244 e. The molecule has 196 valence electrons. The van der Waals surface area contributed by atoms with Gasteiger partial charge in [-0.05, 0) is 36.1 Å². The number of nitrogens with one attached hydrogen (secondary N) is 1. The van der Waals surface area contributed by atoms with E-state index in [-0.39, 0.29) is 12.5 Å². The lowest BCUT2D eigenvalue weighted by Gasteiger charge is -2.33. The summed E-state index contributed by atoms with van der Waals surface area (Å²) in [6.45, 7) is 4.00. The number of amides is 2. The van der Waals surface area contributed by atoms with E-state index in [0.29, 0.717) is 18.7 Å². The van der Waals surface area contributed by atoms with Gasteiger partial charge < -0.3 is 10.2 Å². The molecule has 37 heavy (non-hydrogen) atoms. The predicted molar refractivity (Wildman–Crippen MR) is 148 cm³/mol. The zero-order valence-corrected chi connectivity index (χ0v) is 22.4. The minimum absolute atomic E-state index is 0.169. The van der Waals surface area contributed by atoms with E-state index in [4.69, 9.17) is 0 Å². The molecule has 0 aliphatic heterocycles. The number of benzene rings is 3. The van der Waals surface area contributed by atoms with Gasteiger partial charge in [-0.25, -0.2) is 8.42 Å². The summed E-state index contributed by atoms with van der Waals surface area (Å²) < 4.78 is 26.7. The highest BCUT2D eigenvalue weighted by atomic mass is 32.2. The van der Waals surface area contributed by atoms with Crippen LogP contribution in [-0.4, -0.2) is 50.5 Å². The molecule has 8 heteroatoms. The summed E-state index contributed by atoms with van der Waals surface area (Å²) in [6.07, 6.45) is 2.15. The Kier molecular flexibility index (Phi) is 9.85. The molecule has 0 fully saturated rings. The number of nitrogens with zero attached hydrogens (tertiary/aromatic N) is 2. The van der Waals surface area contributed by atoms with Crippen molar-refractivity contribution in [2.24, 2.45) is 0 Å². The van der Waals surface area contributed by atoms with Crippen LogP contribution in [0.1, 0.15) is 30.0 Å². The lowest BCUT2D eigenvalue weighted by Crippen LogP contribution is -2.53. The third kappa shape index (κ3) is 7.92. The van der Waals surface area contributed by atoms with Crippen molar-refractivity contribution in [1.82, 2.24) is 10.2 Å². The lowest BCUT2D eigenvalue weighted by atomic mass is 10.0. The Hall–Kier alpha value is -3.65. The van der Waals surface area contributed by atoms with E-state index < -0.39 is 28.5 Å². The molecule has 3 aromatic carbocycles. The smallest absolute Gasteiger partial charge is 0.244 e. The van der Waals surface area contributed by atoms with Crippen LogP contribution in [0.2, 0.25) is 0 Å². The van der Waals surface area contributed by atoms with Crippen LogP contribution in [0.3, 0.4) is 0 Å². The number of hydrogen-bond acceptors (Lipinski definition) is 4.